The van der Waals surface area contributed by atoms with Gasteiger partial charge in [0.15, 0.2) is 11.5 Å². The minimum absolute atomic E-state index is 0.148. The molecule has 0 radical (unpaired) electrons. The van der Waals surface area contributed by atoms with Gasteiger partial charge >= 0.3 is 6.03 Å². The molecule has 1 fully saturated rings. The Morgan fingerprint density at radius 2 is 1.82 bits per heavy atom. The number of amides is 3. The maximum Gasteiger partial charge on any atom is 0.326 e. The number of hydrogen-bond donors (Lipinski definition) is 2. The minimum Gasteiger partial charge on any atom is -0.490 e. The summed E-state index contributed by atoms with van der Waals surface area (Å²) in [7, 11) is 0. The van der Waals surface area contributed by atoms with E-state index < -0.39 is 11.9 Å². The molecule has 1 aliphatic rings. The van der Waals surface area contributed by atoms with E-state index in [0.717, 1.165) is 5.56 Å². The molecular weight excluding hydrogens is 471 g/mol. The van der Waals surface area contributed by atoms with Crippen LogP contribution in [0.4, 0.5) is 4.79 Å². The first-order chi connectivity index (χ1) is 13.4. The summed E-state index contributed by atoms with van der Waals surface area (Å²) in [6, 6.07) is 8.07. The number of benzene rings is 2. The number of carbonyl (C=O) groups excluding carboxylic acids is 2. The lowest BCUT2D eigenvalue weighted by Gasteiger charge is -2.15. The van der Waals surface area contributed by atoms with Gasteiger partial charge < -0.3 is 14.8 Å². The monoisotopic (exact) mass is 484 g/mol. The van der Waals surface area contributed by atoms with E-state index in [0.29, 0.717) is 38.2 Å². The molecule has 0 aromatic heterocycles. The van der Waals surface area contributed by atoms with Gasteiger partial charge in [0.2, 0.25) is 0 Å². The Balaban J connectivity index is 1.87. The normalized spacial score (nSPS) is 14.8. The van der Waals surface area contributed by atoms with Crippen LogP contribution in [0.15, 0.2) is 40.5 Å². The first-order valence-corrected chi connectivity index (χ1v) is 9.79. The number of rotatable bonds is 6. The van der Waals surface area contributed by atoms with E-state index in [-0.39, 0.29) is 12.3 Å². The van der Waals surface area contributed by atoms with E-state index in [9.17, 15) is 9.59 Å². The molecule has 3 rings (SSSR count). The molecule has 28 heavy (non-hydrogen) atoms. The molecule has 2 aromatic rings. The number of nitrogens with one attached hydrogen (secondary N) is 2. The van der Waals surface area contributed by atoms with Gasteiger partial charge in [-0.3, -0.25) is 10.1 Å². The molecule has 0 unspecified atom stereocenters. The van der Waals surface area contributed by atoms with Crippen LogP contribution in [0.1, 0.15) is 18.1 Å². The van der Waals surface area contributed by atoms with Gasteiger partial charge in [0.25, 0.3) is 5.91 Å². The predicted octanol–water partition coefficient (Wildman–Crippen LogP) is 4.91. The summed E-state index contributed by atoms with van der Waals surface area (Å²) >= 11 is 15.6. The molecular formula is C19H15BrCl2N2O4. The second-order valence-corrected chi connectivity index (χ2v) is 7.44. The maximum absolute atomic E-state index is 11.7. The van der Waals surface area contributed by atoms with Gasteiger partial charge in [0.1, 0.15) is 12.3 Å². The van der Waals surface area contributed by atoms with Crippen molar-refractivity contribution in [2.75, 3.05) is 6.61 Å². The second-order valence-electron chi connectivity index (χ2n) is 5.74. The van der Waals surface area contributed by atoms with Crippen molar-refractivity contribution in [1.29, 1.82) is 0 Å². The molecule has 6 nitrogen and oxygen atoms in total. The minimum atomic E-state index is -0.558. The molecule has 0 saturated carbocycles. The second kappa shape index (κ2) is 8.86. The predicted molar refractivity (Wildman–Crippen MR) is 111 cm³/mol. The number of imide groups is 1. The van der Waals surface area contributed by atoms with Gasteiger partial charge in [-0.2, -0.15) is 0 Å². The molecule has 1 saturated heterocycles. The SMILES string of the molecule is CCOc1cc(/C=C2/NC(=O)NC2=O)c(Br)cc1OCc1ccc(Cl)cc1Cl. The number of ether oxygens (including phenoxy) is 2. The third kappa shape index (κ3) is 4.79. The van der Waals surface area contributed by atoms with Crippen LogP contribution >= 0.6 is 39.1 Å². The van der Waals surface area contributed by atoms with Crippen molar-refractivity contribution >= 4 is 57.1 Å². The van der Waals surface area contributed by atoms with Gasteiger partial charge in [0.05, 0.1) is 6.61 Å². The Hall–Kier alpha value is -2.22. The highest BCUT2D eigenvalue weighted by molar-refractivity contribution is 9.10. The fourth-order valence-corrected chi connectivity index (χ4v) is 3.37. The summed E-state index contributed by atoms with van der Waals surface area (Å²) in [6.07, 6.45) is 1.55. The summed E-state index contributed by atoms with van der Waals surface area (Å²) in [6.45, 7) is 2.50. The van der Waals surface area contributed by atoms with E-state index in [1.807, 2.05) is 6.92 Å². The highest BCUT2D eigenvalue weighted by atomic mass is 79.9. The van der Waals surface area contributed by atoms with Crippen molar-refractivity contribution in [2.45, 2.75) is 13.5 Å². The van der Waals surface area contributed by atoms with Crippen LogP contribution in [0, 0.1) is 0 Å². The molecule has 3 amide bonds. The van der Waals surface area contributed by atoms with E-state index >= 15 is 0 Å². The molecule has 9 heteroatoms. The molecule has 146 valence electrons. The summed E-state index contributed by atoms with van der Waals surface area (Å²) in [4.78, 5) is 23.0. The van der Waals surface area contributed by atoms with Crippen LogP contribution < -0.4 is 20.1 Å². The fraction of sp³-hybridized carbons (Fsp3) is 0.158. The largest absolute Gasteiger partial charge is 0.490 e. The molecule has 1 aliphatic heterocycles. The maximum atomic E-state index is 11.7. The van der Waals surface area contributed by atoms with Crippen LogP contribution in [0.2, 0.25) is 10.0 Å². The molecule has 0 aliphatic carbocycles. The summed E-state index contributed by atoms with van der Waals surface area (Å²) in [5.41, 5.74) is 1.57. The van der Waals surface area contributed by atoms with Crippen molar-refractivity contribution in [3.63, 3.8) is 0 Å². The van der Waals surface area contributed by atoms with E-state index in [1.165, 1.54) is 0 Å². The summed E-state index contributed by atoms with van der Waals surface area (Å²) in [5.74, 6) is 0.502. The van der Waals surface area contributed by atoms with Gasteiger partial charge in [-0.25, -0.2) is 4.79 Å². The van der Waals surface area contributed by atoms with E-state index in [1.54, 1.807) is 36.4 Å². The number of urea groups is 1. The van der Waals surface area contributed by atoms with Crippen LogP contribution in [0.5, 0.6) is 11.5 Å². The highest BCUT2D eigenvalue weighted by Gasteiger charge is 2.23. The number of carbonyl (C=O) groups is 2. The Morgan fingerprint density at radius 3 is 2.46 bits per heavy atom. The van der Waals surface area contributed by atoms with Crippen LogP contribution in [0.25, 0.3) is 6.08 Å². The quantitative estimate of drug-likeness (QED) is 0.450. The summed E-state index contributed by atoms with van der Waals surface area (Å²) < 4.78 is 12.2. The fourth-order valence-electron chi connectivity index (χ4n) is 2.47. The van der Waals surface area contributed by atoms with Gasteiger partial charge in [-0.05, 0) is 42.8 Å². The number of hydrogen-bond acceptors (Lipinski definition) is 4. The van der Waals surface area contributed by atoms with Gasteiger partial charge in [-0.15, -0.1) is 0 Å². The highest BCUT2D eigenvalue weighted by Crippen LogP contribution is 2.36. The van der Waals surface area contributed by atoms with E-state index in [2.05, 4.69) is 26.6 Å². The lowest BCUT2D eigenvalue weighted by molar-refractivity contribution is -0.115. The third-order valence-electron chi connectivity index (χ3n) is 3.78. The van der Waals surface area contributed by atoms with Crippen molar-refractivity contribution in [3.8, 4) is 11.5 Å². The zero-order valence-corrected chi connectivity index (χ0v) is 17.7. The summed E-state index contributed by atoms with van der Waals surface area (Å²) in [5, 5.41) is 5.66. The van der Waals surface area contributed by atoms with Gasteiger partial charge in [0, 0.05) is 20.1 Å². The zero-order chi connectivity index (χ0) is 20.3. The molecule has 0 spiro atoms. The van der Waals surface area contributed by atoms with Crippen LogP contribution in [-0.2, 0) is 11.4 Å². The van der Waals surface area contributed by atoms with Gasteiger partial charge in [-0.1, -0.05) is 45.2 Å². The van der Waals surface area contributed by atoms with Crippen molar-refractivity contribution in [3.05, 3.63) is 61.7 Å². The van der Waals surface area contributed by atoms with Crippen molar-refractivity contribution in [2.24, 2.45) is 0 Å². The zero-order valence-electron chi connectivity index (χ0n) is 14.6. The Bertz CT molecular complexity index is 979. The van der Waals surface area contributed by atoms with Crippen molar-refractivity contribution in [1.82, 2.24) is 10.6 Å². The molecule has 0 atom stereocenters. The number of halogens is 3. The van der Waals surface area contributed by atoms with Crippen LogP contribution in [-0.4, -0.2) is 18.5 Å². The third-order valence-corrected chi connectivity index (χ3v) is 5.05. The Labute approximate surface area is 179 Å². The first-order valence-electron chi connectivity index (χ1n) is 8.24. The van der Waals surface area contributed by atoms with Crippen molar-refractivity contribution < 1.29 is 19.1 Å². The lowest BCUT2D eigenvalue weighted by atomic mass is 10.1. The molecule has 0 bridgehead atoms. The average Bonchev–Trinajstić information content (AvgIpc) is 2.95. The first kappa shape index (κ1) is 20.5. The molecule has 1 heterocycles. The lowest BCUT2D eigenvalue weighted by Crippen LogP contribution is -2.22. The average molecular weight is 486 g/mol. The van der Waals surface area contributed by atoms with Crippen LogP contribution in [0.3, 0.4) is 0 Å². The standard InChI is InChI=1S/C19H15BrCl2N2O4/c1-2-27-16-6-11(5-15-18(25)24-19(26)23-15)13(20)8-17(16)28-9-10-3-4-12(21)7-14(10)22/h3-8H,2,9H2,1H3,(H2,23,24,25,26)/b15-5+. The Kier molecular flexibility index (Phi) is 6.49. The topological polar surface area (TPSA) is 76.7 Å². The molecule has 2 N–H and O–H groups in total. The molecule has 2 aromatic carbocycles. The smallest absolute Gasteiger partial charge is 0.326 e. The Morgan fingerprint density at radius 1 is 1.07 bits per heavy atom. The van der Waals surface area contributed by atoms with E-state index in [4.69, 9.17) is 32.7 Å².